The van der Waals surface area contributed by atoms with E-state index in [4.69, 9.17) is 16.0 Å². The van der Waals surface area contributed by atoms with Crippen molar-refractivity contribution in [1.82, 2.24) is 4.98 Å². The van der Waals surface area contributed by atoms with Crippen LogP contribution in [-0.2, 0) is 11.3 Å². The highest BCUT2D eigenvalue weighted by molar-refractivity contribution is 6.67. The van der Waals surface area contributed by atoms with Gasteiger partial charge in [-0.3, -0.25) is 0 Å². The van der Waals surface area contributed by atoms with Gasteiger partial charge in [-0.1, -0.05) is 12.9 Å². The number of rotatable bonds is 2. The molecule has 20 heavy (non-hydrogen) atoms. The number of hydrogen-bond donors (Lipinski definition) is 0. The zero-order chi connectivity index (χ0) is 14.1. The quantitative estimate of drug-likeness (QED) is 0.617. The summed E-state index contributed by atoms with van der Waals surface area (Å²) in [6.07, 6.45) is 0. The van der Waals surface area contributed by atoms with Crippen LogP contribution >= 0.6 is 0 Å². The minimum Gasteiger partial charge on any atom is -0.439 e. The molecule has 0 fully saturated rings. The first-order valence-electron chi connectivity index (χ1n) is 6.45. The van der Waals surface area contributed by atoms with E-state index >= 15 is 0 Å². The predicted molar refractivity (Wildman–Crippen MR) is 77.8 cm³/mol. The molecule has 0 unspecified atom stereocenters. The summed E-state index contributed by atoms with van der Waals surface area (Å²) in [4.78, 5) is 7.67. The van der Waals surface area contributed by atoms with Gasteiger partial charge < -0.3 is 9.39 Å². The topological polar surface area (TPSA) is 35.7 Å². The van der Waals surface area contributed by atoms with Crippen LogP contribution in [-0.4, -0.2) is 11.9 Å². The number of aromatic nitrogens is 1. The maximum atomic E-state index is 7.01. The molecule has 1 aromatic heterocycles. The Morgan fingerprint density at radius 2 is 2.20 bits per heavy atom. The standard InChI is InChI=1S/C15H13BN2O2/c1-10-14(17-3)6-7-15(18-10)20-12-4-5-13-11(8-12)9-19-16(13)2/h4-8H,9H2,1-2H3. The van der Waals surface area contributed by atoms with Crippen LogP contribution in [0, 0.1) is 13.5 Å². The molecule has 0 amide bonds. The molecule has 3 rings (SSSR count). The molecule has 0 atom stereocenters. The van der Waals surface area contributed by atoms with E-state index in [0.717, 1.165) is 11.3 Å². The van der Waals surface area contributed by atoms with Crippen LogP contribution in [0.1, 0.15) is 11.3 Å². The van der Waals surface area contributed by atoms with Crippen molar-refractivity contribution in [2.45, 2.75) is 20.4 Å². The molecule has 0 saturated carbocycles. The molecule has 1 aliphatic heterocycles. The number of hydrogen-bond acceptors (Lipinski definition) is 3. The van der Waals surface area contributed by atoms with Crippen molar-refractivity contribution in [1.29, 1.82) is 0 Å². The maximum Gasteiger partial charge on any atom is 0.324 e. The molecule has 98 valence electrons. The van der Waals surface area contributed by atoms with Gasteiger partial charge in [-0.2, -0.15) is 0 Å². The van der Waals surface area contributed by atoms with E-state index in [9.17, 15) is 0 Å². The summed E-state index contributed by atoms with van der Waals surface area (Å²) in [7, 11) is 0. The van der Waals surface area contributed by atoms with Crippen LogP contribution in [0.3, 0.4) is 0 Å². The van der Waals surface area contributed by atoms with Crippen LogP contribution in [0.2, 0.25) is 6.82 Å². The van der Waals surface area contributed by atoms with Gasteiger partial charge in [-0.25, -0.2) is 9.83 Å². The zero-order valence-corrected chi connectivity index (χ0v) is 11.4. The van der Waals surface area contributed by atoms with Crippen LogP contribution < -0.4 is 10.2 Å². The van der Waals surface area contributed by atoms with E-state index in [2.05, 4.69) is 9.83 Å². The monoisotopic (exact) mass is 264 g/mol. The Kier molecular flexibility index (Phi) is 3.17. The predicted octanol–water partition coefficient (Wildman–Crippen LogP) is 3.09. The third kappa shape index (κ3) is 2.26. The van der Waals surface area contributed by atoms with E-state index in [1.165, 1.54) is 5.46 Å². The van der Waals surface area contributed by atoms with Crippen LogP contribution in [0.5, 0.6) is 11.6 Å². The number of ether oxygens (including phenoxy) is 1. The number of nitrogens with zero attached hydrogens (tertiary/aromatic N) is 2. The lowest BCUT2D eigenvalue weighted by Crippen LogP contribution is -2.23. The van der Waals surface area contributed by atoms with E-state index < -0.39 is 0 Å². The lowest BCUT2D eigenvalue weighted by molar-refractivity contribution is 0.333. The van der Waals surface area contributed by atoms with Crippen molar-refractivity contribution in [3.8, 4) is 11.6 Å². The average Bonchev–Trinajstić information content (AvgIpc) is 2.80. The lowest BCUT2D eigenvalue weighted by atomic mass is 9.64. The summed E-state index contributed by atoms with van der Waals surface area (Å²) in [5.41, 5.74) is 3.60. The van der Waals surface area contributed by atoms with Crippen LogP contribution in [0.25, 0.3) is 4.85 Å². The fraction of sp³-hybridized carbons (Fsp3) is 0.200. The molecule has 0 spiro atoms. The molecule has 1 aromatic carbocycles. The van der Waals surface area contributed by atoms with Gasteiger partial charge in [-0.05, 0) is 42.2 Å². The van der Waals surface area contributed by atoms with Gasteiger partial charge in [0.25, 0.3) is 0 Å². The van der Waals surface area contributed by atoms with Gasteiger partial charge in [0.1, 0.15) is 5.75 Å². The molecule has 2 aromatic rings. The largest absolute Gasteiger partial charge is 0.439 e. The fourth-order valence-corrected chi connectivity index (χ4v) is 2.30. The summed E-state index contributed by atoms with van der Waals surface area (Å²) in [5.74, 6) is 1.24. The summed E-state index contributed by atoms with van der Waals surface area (Å²) in [6, 6.07) is 9.38. The van der Waals surface area contributed by atoms with Crippen molar-refractivity contribution in [2.75, 3.05) is 0 Å². The molecular weight excluding hydrogens is 251 g/mol. The minimum atomic E-state index is 0.150. The molecule has 1 aliphatic rings. The first-order valence-corrected chi connectivity index (χ1v) is 6.45. The Bertz CT molecular complexity index is 710. The van der Waals surface area contributed by atoms with Gasteiger partial charge in [0.05, 0.1) is 13.2 Å². The second-order valence-corrected chi connectivity index (χ2v) is 4.78. The fourth-order valence-electron chi connectivity index (χ4n) is 2.30. The molecule has 0 saturated heterocycles. The van der Waals surface area contributed by atoms with E-state index in [0.29, 0.717) is 23.9 Å². The summed E-state index contributed by atoms with van der Waals surface area (Å²) >= 11 is 0. The second-order valence-electron chi connectivity index (χ2n) is 4.78. The van der Waals surface area contributed by atoms with E-state index in [1.54, 1.807) is 19.1 Å². The van der Waals surface area contributed by atoms with Gasteiger partial charge in [0, 0.05) is 5.69 Å². The minimum absolute atomic E-state index is 0.150. The van der Waals surface area contributed by atoms with E-state index in [1.807, 2.05) is 25.0 Å². The smallest absolute Gasteiger partial charge is 0.324 e. The van der Waals surface area contributed by atoms with Crippen LogP contribution in [0.15, 0.2) is 30.3 Å². The molecule has 0 radical (unpaired) electrons. The highest BCUT2D eigenvalue weighted by Gasteiger charge is 2.23. The van der Waals surface area contributed by atoms with Gasteiger partial charge >= 0.3 is 6.92 Å². The molecule has 4 nitrogen and oxygen atoms in total. The summed E-state index contributed by atoms with van der Waals surface area (Å²) < 4.78 is 11.3. The molecule has 5 heteroatoms. The normalized spacial score (nSPS) is 12.9. The van der Waals surface area contributed by atoms with Crippen LogP contribution in [0.4, 0.5) is 5.69 Å². The maximum absolute atomic E-state index is 7.01. The van der Waals surface area contributed by atoms with Crippen molar-refractivity contribution in [2.24, 2.45) is 0 Å². The Labute approximate surface area is 118 Å². The van der Waals surface area contributed by atoms with Crippen molar-refractivity contribution in [3.05, 3.63) is 53.0 Å². The Hall–Kier alpha value is -2.32. The Balaban J connectivity index is 1.85. The molecule has 0 bridgehead atoms. The molecule has 0 N–H and O–H groups in total. The van der Waals surface area contributed by atoms with Crippen molar-refractivity contribution in [3.63, 3.8) is 0 Å². The highest BCUT2D eigenvalue weighted by Crippen LogP contribution is 2.25. The first kappa shape index (κ1) is 12.7. The van der Waals surface area contributed by atoms with Gasteiger partial charge in [0.15, 0.2) is 0 Å². The Morgan fingerprint density at radius 1 is 1.35 bits per heavy atom. The van der Waals surface area contributed by atoms with Crippen molar-refractivity contribution < 1.29 is 9.39 Å². The SMILES string of the molecule is [C-]#[N+]c1ccc(Oc2ccc3c(c2)COB3C)nc1C. The van der Waals surface area contributed by atoms with Gasteiger partial charge in [-0.15, -0.1) is 0 Å². The van der Waals surface area contributed by atoms with Gasteiger partial charge in [0.2, 0.25) is 11.6 Å². The zero-order valence-electron chi connectivity index (χ0n) is 11.4. The second kappa shape index (κ2) is 4.99. The van der Waals surface area contributed by atoms with Crippen molar-refractivity contribution >= 4 is 18.1 Å². The number of aryl methyl sites for hydroxylation is 1. The summed E-state index contributed by atoms with van der Waals surface area (Å²) in [5, 5.41) is 0. The lowest BCUT2D eigenvalue weighted by Gasteiger charge is -2.08. The highest BCUT2D eigenvalue weighted by atomic mass is 16.5. The first-order chi connectivity index (χ1) is 9.67. The third-order valence-electron chi connectivity index (χ3n) is 3.42. The number of fused-ring (bicyclic) bond motifs is 1. The number of benzene rings is 1. The number of pyridine rings is 1. The average molecular weight is 264 g/mol. The Morgan fingerprint density at radius 3 is 2.95 bits per heavy atom. The third-order valence-corrected chi connectivity index (χ3v) is 3.42. The summed E-state index contributed by atoms with van der Waals surface area (Å²) in [6.45, 7) is 11.6. The molecule has 2 heterocycles. The molecule has 0 aliphatic carbocycles. The molecular formula is C15H13BN2O2. The van der Waals surface area contributed by atoms with E-state index in [-0.39, 0.29) is 6.92 Å².